The smallest absolute Gasteiger partial charge is 0.339 e. The van der Waals surface area contributed by atoms with Gasteiger partial charge in [0.25, 0.3) is 0 Å². The largest absolute Gasteiger partial charge is 0.462 e. The number of carbonyl (C=O) groups is 2. The molecule has 1 aromatic rings. The van der Waals surface area contributed by atoms with Crippen LogP contribution in [0, 0.1) is 5.41 Å². The van der Waals surface area contributed by atoms with Gasteiger partial charge in [-0.15, -0.1) is 0 Å². The van der Waals surface area contributed by atoms with Crippen LogP contribution in [0.5, 0.6) is 0 Å². The summed E-state index contributed by atoms with van der Waals surface area (Å²) in [4.78, 5) is 24.0. The van der Waals surface area contributed by atoms with Gasteiger partial charge in [0.15, 0.2) is 0 Å². The van der Waals surface area contributed by atoms with E-state index in [1.54, 1.807) is 38.1 Å². The summed E-state index contributed by atoms with van der Waals surface area (Å²) in [5.41, 5.74) is 0.353. The highest BCUT2D eigenvalue weighted by atomic mass is 16.5. The van der Waals surface area contributed by atoms with Crippen molar-refractivity contribution in [3.63, 3.8) is 0 Å². The minimum Gasteiger partial charge on any atom is -0.462 e. The van der Waals surface area contributed by atoms with Gasteiger partial charge in [0.2, 0.25) is 0 Å². The Bertz CT molecular complexity index is 483. The van der Waals surface area contributed by atoms with Gasteiger partial charge in [-0.3, -0.25) is 0 Å². The summed E-state index contributed by atoms with van der Waals surface area (Å²) >= 11 is 0. The number of carbonyl (C=O) groups excluding carboxylic acids is 2. The Morgan fingerprint density at radius 2 is 1.55 bits per heavy atom. The molecule has 0 saturated carbocycles. The normalized spacial score (nSPS) is 11.3. The molecule has 0 aliphatic heterocycles. The molecule has 110 valence electrons. The summed E-state index contributed by atoms with van der Waals surface area (Å²) in [6.45, 7) is 9.73. The number of benzene rings is 1. The molecule has 0 saturated heterocycles. The van der Waals surface area contributed by atoms with Crippen LogP contribution in [-0.4, -0.2) is 24.6 Å². The zero-order chi connectivity index (χ0) is 15.3. The van der Waals surface area contributed by atoms with Gasteiger partial charge in [0.1, 0.15) is 0 Å². The first-order chi connectivity index (χ1) is 9.20. The molecule has 0 unspecified atom stereocenters. The molecule has 0 heterocycles. The molecular formula is C16H22O4. The maximum absolute atomic E-state index is 12.1. The molecule has 20 heavy (non-hydrogen) atoms. The van der Waals surface area contributed by atoms with Crippen molar-refractivity contribution in [3.05, 3.63) is 35.4 Å². The SMILES string of the molecule is CC(C)OC(=O)c1ccccc1C(=O)OCC(C)(C)C. The van der Waals surface area contributed by atoms with Crippen molar-refractivity contribution in [2.75, 3.05) is 6.61 Å². The highest BCUT2D eigenvalue weighted by Crippen LogP contribution is 2.17. The Kier molecular flexibility index (Phi) is 5.31. The first-order valence-corrected chi connectivity index (χ1v) is 6.68. The van der Waals surface area contributed by atoms with Crippen molar-refractivity contribution in [2.45, 2.75) is 40.7 Å². The number of esters is 2. The van der Waals surface area contributed by atoms with E-state index < -0.39 is 11.9 Å². The standard InChI is InChI=1S/C16H22O4/c1-11(2)20-15(18)13-9-7-6-8-12(13)14(17)19-10-16(3,4)5/h6-9,11H,10H2,1-5H3. The lowest BCUT2D eigenvalue weighted by molar-refractivity contribution is 0.0325. The zero-order valence-electron chi connectivity index (χ0n) is 12.7. The lowest BCUT2D eigenvalue weighted by Crippen LogP contribution is -2.21. The number of hydrogen-bond acceptors (Lipinski definition) is 4. The quantitative estimate of drug-likeness (QED) is 0.791. The van der Waals surface area contributed by atoms with Gasteiger partial charge >= 0.3 is 11.9 Å². The van der Waals surface area contributed by atoms with E-state index in [0.717, 1.165) is 0 Å². The molecule has 0 atom stereocenters. The third-order valence-corrected chi connectivity index (χ3v) is 2.35. The Morgan fingerprint density at radius 1 is 1.05 bits per heavy atom. The van der Waals surface area contributed by atoms with E-state index in [1.807, 2.05) is 20.8 Å². The van der Waals surface area contributed by atoms with Crippen molar-refractivity contribution in [1.29, 1.82) is 0 Å². The van der Waals surface area contributed by atoms with Crippen molar-refractivity contribution >= 4 is 11.9 Å². The summed E-state index contributed by atoms with van der Waals surface area (Å²) in [6.07, 6.45) is -0.235. The van der Waals surface area contributed by atoms with Crippen LogP contribution in [0.3, 0.4) is 0 Å². The lowest BCUT2D eigenvalue weighted by Gasteiger charge is -2.18. The summed E-state index contributed by atoms with van der Waals surface area (Å²) in [5.74, 6) is -1.01. The zero-order valence-corrected chi connectivity index (χ0v) is 12.7. The molecule has 4 nitrogen and oxygen atoms in total. The molecule has 0 aliphatic rings. The fourth-order valence-corrected chi connectivity index (χ4v) is 1.48. The van der Waals surface area contributed by atoms with Crippen LogP contribution in [0.1, 0.15) is 55.3 Å². The molecule has 1 aromatic carbocycles. The molecule has 0 fully saturated rings. The van der Waals surface area contributed by atoms with Crippen molar-refractivity contribution in [3.8, 4) is 0 Å². The Balaban J connectivity index is 2.90. The highest BCUT2D eigenvalue weighted by molar-refractivity contribution is 6.03. The fraction of sp³-hybridized carbons (Fsp3) is 0.500. The van der Waals surface area contributed by atoms with Crippen LogP contribution in [0.4, 0.5) is 0 Å². The average Bonchev–Trinajstić information content (AvgIpc) is 2.34. The minimum atomic E-state index is -0.511. The van der Waals surface area contributed by atoms with Gasteiger partial charge < -0.3 is 9.47 Å². The third-order valence-electron chi connectivity index (χ3n) is 2.35. The van der Waals surface area contributed by atoms with Gasteiger partial charge in [-0.2, -0.15) is 0 Å². The minimum absolute atomic E-state index is 0.122. The van der Waals surface area contributed by atoms with Crippen LogP contribution in [0.2, 0.25) is 0 Å². The predicted molar refractivity (Wildman–Crippen MR) is 76.7 cm³/mol. The fourth-order valence-electron chi connectivity index (χ4n) is 1.48. The molecule has 0 aromatic heterocycles. The van der Waals surface area contributed by atoms with Crippen LogP contribution < -0.4 is 0 Å². The monoisotopic (exact) mass is 278 g/mol. The van der Waals surface area contributed by atoms with Gasteiger partial charge in [-0.05, 0) is 31.4 Å². The maximum Gasteiger partial charge on any atom is 0.339 e. The molecule has 0 bridgehead atoms. The van der Waals surface area contributed by atoms with Crippen LogP contribution in [0.25, 0.3) is 0 Å². The highest BCUT2D eigenvalue weighted by Gasteiger charge is 2.21. The van der Waals surface area contributed by atoms with Gasteiger partial charge in [0.05, 0.1) is 23.8 Å². The second-order valence-electron chi connectivity index (χ2n) is 6.14. The molecular weight excluding hydrogens is 256 g/mol. The Hall–Kier alpha value is -1.84. The molecule has 0 N–H and O–H groups in total. The van der Waals surface area contributed by atoms with E-state index in [-0.39, 0.29) is 22.6 Å². The lowest BCUT2D eigenvalue weighted by atomic mass is 9.98. The number of hydrogen-bond donors (Lipinski definition) is 0. The summed E-state index contributed by atoms with van der Waals surface area (Å²) < 4.78 is 10.4. The number of rotatable bonds is 4. The van der Waals surface area contributed by atoms with Gasteiger partial charge in [0, 0.05) is 0 Å². The first-order valence-electron chi connectivity index (χ1n) is 6.68. The van der Waals surface area contributed by atoms with E-state index in [1.165, 1.54) is 0 Å². The van der Waals surface area contributed by atoms with E-state index in [9.17, 15) is 9.59 Å². The predicted octanol–water partition coefficient (Wildman–Crippen LogP) is 3.45. The van der Waals surface area contributed by atoms with Crippen LogP contribution in [-0.2, 0) is 9.47 Å². The molecule has 0 spiro atoms. The summed E-state index contributed by atoms with van der Waals surface area (Å²) in [6, 6.07) is 6.53. The van der Waals surface area contributed by atoms with Gasteiger partial charge in [-0.25, -0.2) is 9.59 Å². The van der Waals surface area contributed by atoms with E-state index in [2.05, 4.69) is 0 Å². The second-order valence-corrected chi connectivity index (χ2v) is 6.14. The topological polar surface area (TPSA) is 52.6 Å². The maximum atomic E-state index is 12.1. The molecule has 4 heteroatoms. The molecule has 1 rings (SSSR count). The van der Waals surface area contributed by atoms with Crippen LogP contribution in [0.15, 0.2) is 24.3 Å². The van der Waals surface area contributed by atoms with E-state index in [0.29, 0.717) is 6.61 Å². The molecule has 0 amide bonds. The van der Waals surface area contributed by atoms with Crippen molar-refractivity contribution < 1.29 is 19.1 Å². The first kappa shape index (κ1) is 16.2. The Labute approximate surface area is 120 Å². The summed E-state index contributed by atoms with van der Waals surface area (Å²) in [5, 5.41) is 0. The van der Waals surface area contributed by atoms with E-state index in [4.69, 9.17) is 9.47 Å². The van der Waals surface area contributed by atoms with Crippen LogP contribution >= 0.6 is 0 Å². The van der Waals surface area contributed by atoms with E-state index >= 15 is 0 Å². The summed E-state index contributed by atoms with van der Waals surface area (Å²) in [7, 11) is 0. The second kappa shape index (κ2) is 6.55. The van der Waals surface area contributed by atoms with Gasteiger partial charge in [-0.1, -0.05) is 32.9 Å². The Morgan fingerprint density at radius 3 is 2.00 bits per heavy atom. The number of ether oxygens (including phenoxy) is 2. The van der Waals surface area contributed by atoms with Crippen molar-refractivity contribution in [1.82, 2.24) is 0 Å². The molecule has 0 aliphatic carbocycles. The third kappa shape index (κ3) is 5.03. The van der Waals surface area contributed by atoms with Crippen molar-refractivity contribution in [2.24, 2.45) is 5.41 Å². The molecule has 0 radical (unpaired) electrons. The average molecular weight is 278 g/mol.